The standard InChI is InChI=1S/C24H16ClNO2/c25-17-5-3-4-16(12-17)20-13-22(15-8-10-18(27)11-9-15)26-24-19-6-1-2-7-23(19)28-14-21(20)24/h1-13,27H,14H2. The van der Waals surface area contributed by atoms with Gasteiger partial charge in [-0.1, -0.05) is 35.9 Å². The Morgan fingerprint density at radius 2 is 1.64 bits per heavy atom. The molecule has 136 valence electrons. The largest absolute Gasteiger partial charge is 0.508 e. The third-order valence-electron chi connectivity index (χ3n) is 4.94. The predicted octanol–water partition coefficient (Wildman–Crippen LogP) is 6.33. The molecule has 0 atom stereocenters. The first-order chi connectivity index (χ1) is 13.7. The first kappa shape index (κ1) is 16.8. The average Bonchev–Trinajstić information content (AvgIpc) is 2.73. The lowest BCUT2D eigenvalue weighted by Crippen LogP contribution is -2.09. The summed E-state index contributed by atoms with van der Waals surface area (Å²) in [6, 6.07) is 24.9. The number of pyridine rings is 1. The van der Waals surface area contributed by atoms with Crippen LogP contribution in [-0.4, -0.2) is 10.1 Å². The third kappa shape index (κ3) is 2.90. The van der Waals surface area contributed by atoms with Crippen LogP contribution < -0.4 is 4.74 Å². The van der Waals surface area contributed by atoms with Gasteiger partial charge in [0.2, 0.25) is 0 Å². The smallest absolute Gasteiger partial charge is 0.129 e. The molecule has 1 aliphatic rings. The minimum absolute atomic E-state index is 0.232. The maximum Gasteiger partial charge on any atom is 0.129 e. The van der Waals surface area contributed by atoms with E-state index in [2.05, 4.69) is 6.07 Å². The Balaban J connectivity index is 1.79. The second-order valence-corrected chi connectivity index (χ2v) is 7.16. The van der Waals surface area contributed by atoms with Crippen molar-refractivity contribution in [1.29, 1.82) is 0 Å². The van der Waals surface area contributed by atoms with E-state index in [9.17, 15) is 5.11 Å². The second kappa shape index (κ2) is 6.70. The van der Waals surface area contributed by atoms with Gasteiger partial charge in [-0.2, -0.15) is 0 Å². The molecule has 4 aromatic rings. The van der Waals surface area contributed by atoms with E-state index in [-0.39, 0.29) is 5.75 Å². The zero-order valence-corrected chi connectivity index (χ0v) is 15.6. The van der Waals surface area contributed by atoms with Crippen molar-refractivity contribution in [1.82, 2.24) is 4.98 Å². The number of rotatable bonds is 2. The van der Waals surface area contributed by atoms with Gasteiger partial charge in [-0.05, 0) is 65.7 Å². The molecule has 28 heavy (non-hydrogen) atoms. The van der Waals surface area contributed by atoms with Gasteiger partial charge in [0.1, 0.15) is 18.1 Å². The van der Waals surface area contributed by atoms with Crippen molar-refractivity contribution >= 4 is 11.6 Å². The van der Waals surface area contributed by atoms with Crippen molar-refractivity contribution in [2.45, 2.75) is 6.61 Å². The summed E-state index contributed by atoms with van der Waals surface area (Å²) in [7, 11) is 0. The highest BCUT2D eigenvalue weighted by atomic mass is 35.5. The molecule has 0 saturated carbocycles. The maximum atomic E-state index is 9.64. The Kier molecular flexibility index (Phi) is 4.03. The van der Waals surface area contributed by atoms with E-state index in [1.807, 2.05) is 60.7 Å². The molecule has 0 aliphatic carbocycles. The molecule has 0 spiro atoms. The summed E-state index contributed by atoms with van der Waals surface area (Å²) in [5.41, 5.74) is 6.79. The Labute approximate surface area is 167 Å². The van der Waals surface area contributed by atoms with Crippen LogP contribution in [-0.2, 0) is 6.61 Å². The number of nitrogens with zero attached hydrogens (tertiary/aromatic N) is 1. The van der Waals surface area contributed by atoms with Gasteiger partial charge in [0.25, 0.3) is 0 Å². The van der Waals surface area contributed by atoms with Crippen molar-refractivity contribution < 1.29 is 9.84 Å². The highest BCUT2D eigenvalue weighted by Crippen LogP contribution is 2.42. The fourth-order valence-corrected chi connectivity index (χ4v) is 3.76. The summed E-state index contributed by atoms with van der Waals surface area (Å²) in [5, 5.41) is 10.3. The Morgan fingerprint density at radius 1 is 0.821 bits per heavy atom. The number of phenolic OH excluding ortho intramolecular Hbond substituents is 1. The van der Waals surface area contributed by atoms with Gasteiger partial charge < -0.3 is 9.84 Å². The van der Waals surface area contributed by atoms with Gasteiger partial charge in [-0.15, -0.1) is 0 Å². The van der Waals surface area contributed by atoms with Crippen LogP contribution in [0.1, 0.15) is 5.56 Å². The quantitative estimate of drug-likeness (QED) is 0.438. The van der Waals surface area contributed by atoms with Crippen LogP contribution >= 0.6 is 11.6 Å². The number of para-hydroxylation sites is 1. The van der Waals surface area contributed by atoms with Crippen molar-refractivity contribution in [3.63, 3.8) is 0 Å². The number of hydrogen-bond donors (Lipinski definition) is 1. The molecular formula is C24H16ClNO2. The number of hydrogen-bond acceptors (Lipinski definition) is 3. The summed E-state index contributed by atoms with van der Waals surface area (Å²) >= 11 is 6.26. The van der Waals surface area contributed by atoms with E-state index in [1.54, 1.807) is 12.1 Å². The molecule has 0 fully saturated rings. The zero-order chi connectivity index (χ0) is 19.1. The van der Waals surface area contributed by atoms with Crippen LogP contribution in [0.4, 0.5) is 0 Å². The van der Waals surface area contributed by atoms with Crippen LogP contribution in [0.2, 0.25) is 5.02 Å². The van der Waals surface area contributed by atoms with Crippen molar-refractivity contribution in [3.8, 4) is 45.1 Å². The average molecular weight is 386 g/mol. The Morgan fingerprint density at radius 3 is 2.46 bits per heavy atom. The number of aromatic nitrogens is 1. The molecule has 0 saturated heterocycles. The summed E-state index contributed by atoms with van der Waals surface area (Å²) in [6.07, 6.45) is 0. The molecular weight excluding hydrogens is 370 g/mol. The van der Waals surface area contributed by atoms with Crippen molar-refractivity contribution in [3.05, 3.63) is 89.4 Å². The molecule has 2 heterocycles. The van der Waals surface area contributed by atoms with Crippen molar-refractivity contribution in [2.75, 3.05) is 0 Å². The predicted molar refractivity (Wildman–Crippen MR) is 112 cm³/mol. The summed E-state index contributed by atoms with van der Waals surface area (Å²) < 4.78 is 6.00. The minimum atomic E-state index is 0.232. The number of ether oxygens (including phenoxy) is 1. The number of aromatic hydroxyl groups is 1. The van der Waals surface area contributed by atoms with E-state index < -0.39 is 0 Å². The molecule has 3 aromatic carbocycles. The SMILES string of the molecule is Oc1ccc(-c2cc(-c3cccc(Cl)c3)c3c(n2)-c2ccccc2OC3)cc1. The summed E-state index contributed by atoms with van der Waals surface area (Å²) in [4.78, 5) is 4.97. The van der Waals surface area contributed by atoms with Crippen LogP contribution in [0, 0.1) is 0 Å². The molecule has 0 radical (unpaired) electrons. The highest BCUT2D eigenvalue weighted by molar-refractivity contribution is 6.30. The number of benzene rings is 3. The molecule has 1 aliphatic heterocycles. The fraction of sp³-hybridized carbons (Fsp3) is 0.0417. The third-order valence-corrected chi connectivity index (χ3v) is 5.17. The van der Waals surface area contributed by atoms with E-state index in [4.69, 9.17) is 21.3 Å². The second-order valence-electron chi connectivity index (χ2n) is 6.72. The lowest BCUT2D eigenvalue weighted by atomic mass is 9.92. The summed E-state index contributed by atoms with van der Waals surface area (Å²) in [5.74, 6) is 1.07. The van der Waals surface area contributed by atoms with E-state index in [1.165, 1.54) is 0 Å². The van der Waals surface area contributed by atoms with Gasteiger partial charge in [0.15, 0.2) is 0 Å². The summed E-state index contributed by atoms with van der Waals surface area (Å²) in [6.45, 7) is 0.455. The van der Waals surface area contributed by atoms with Gasteiger partial charge in [-0.25, -0.2) is 4.98 Å². The molecule has 4 heteroatoms. The zero-order valence-electron chi connectivity index (χ0n) is 14.9. The molecule has 0 bridgehead atoms. The van der Waals surface area contributed by atoms with E-state index >= 15 is 0 Å². The molecule has 0 amide bonds. The molecule has 0 unspecified atom stereocenters. The normalized spacial score (nSPS) is 12.0. The molecule has 1 N–H and O–H groups in total. The van der Waals surface area contributed by atoms with E-state index in [0.717, 1.165) is 45.0 Å². The Hall–Kier alpha value is -3.30. The fourth-order valence-electron chi connectivity index (χ4n) is 3.57. The monoisotopic (exact) mass is 385 g/mol. The van der Waals surface area contributed by atoms with Crippen LogP contribution in [0.15, 0.2) is 78.9 Å². The molecule has 1 aromatic heterocycles. The maximum absolute atomic E-state index is 9.64. The molecule has 3 nitrogen and oxygen atoms in total. The van der Waals surface area contributed by atoms with Crippen molar-refractivity contribution in [2.24, 2.45) is 0 Å². The van der Waals surface area contributed by atoms with Gasteiger partial charge >= 0.3 is 0 Å². The lowest BCUT2D eigenvalue weighted by molar-refractivity contribution is 0.302. The first-order valence-electron chi connectivity index (χ1n) is 9.00. The minimum Gasteiger partial charge on any atom is -0.508 e. The number of phenols is 1. The van der Waals surface area contributed by atoms with Crippen LogP contribution in [0.5, 0.6) is 11.5 Å². The van der Waals surface area contributed by atoms with Gasteiger partial charge in [0, 0.05) is 21.7 Å². The highest BCUT2D eigenvalue weighted by Gasteiger charge is 2.23. The lowest BCUT2D eigenvalue weighted by Gasteiger charge is -2.23. The van der Waals surface area contributed by atoms with E-state index in [0.29, 0.717) is 11.6 Å². The Bertz CT molecular complexity index is 1190. The van der Waals surface area contributed by atoms with Crippen LogP contribution in [0.25, 0.3) is 33.6 Å². The topological polar surface area (TPSA) is 42.4 Å². The number of halogens is 1. The van der Waals surface area contributed by atoms with Gasteiger partial charge in [0.05, 0.1) is 11.4 Å². The number of fused-ring (bicyclic) bond motifs is 3. The first-order valence-corrected chi connectivity index (χ1v) is 9.38. The molecule has 5 rings (SSSR count). The van der Waals surface area contributed by atoms with Crippen LogP contribution in [0.3, 0.4) is 0 Å². The van der Waals surface area contributed by atoms with Gasteiger partial charge in [-0.3, -0.25) is 0 Å².